The molecule has 0 aliphatic carbocycles. The number of hydrogen-bond acceptors (Lipinski definition) is 2. The minimum Gasteiger partial charge on any atom is -0.324 e. The Morgan fingerprint density at radius 1 is 1.19 bits per heavy atom. The minimum atomic E-state index is -0.604. The Hall–Kier alpha value is -1.22. The zero-order valence-electron chi connectivity index (χ0n) is 10.2. The molecule has 0 fully saturated rings. The van der Waals surface area contributed by atoms with Gasteiger partial charge < -0.3 is 4.90 Å². The standard InChI is InChI=1S/C13H17NOS/c1-10(15)13(3,4)14(11(2)16)12-8-6-5-7-9-12/h5-9H,1-4H3. The fourth-order valence-corrected chi connectivity index (χ4v) is 1.97. The van der Waals surface area contributed by atoms with E-state index in [0.29, 0.717) is 4.99 Å². The van der Waals surface area contributed by atoms with Crippen molar-refractivity contribution in [2.45, 2.75) is 33.2 Å². The van der Waals surface area contributed by atoms with E-state index in [-0.39, 0.29) is 5.78 Å². The predicted octanol–water partition coefficient (Wildman–Crippen LogP) is 3.21. The van der Waals surface area contributed by atoms with Crippen LogP contribution in [0.2, 0.25) is 0 Å². The molecule has 1 aromatic rings. The fourth-order valence-electron chi connectivity index (χ4n) is 1.63. The van der Waals surface area contributed by atoms with Crippen LogP contribution >= 0.6 is 12.2 Å². The van der Waals surface area contributed by atoms with Crippen LogP contribution in [0.3, 0.4) is 0 Å². The Kier molecular flexibility index (Phi) is 3.81. The third kappa shape index (κ3) is 2.47. The summed E-state index contributed by atoms with van der Waals surface area (Å²) in [4.78, 5) is 14.3. The van der Waals surface area contributed by atoms with Crippen LogP contribution in [0.5, 0.6) is 0 Å². The summed E-state index contributed by atoms with van der Waals surface area (Å²) < 4.78 is 0. The van der Waals surface area contributed by atoms with Crippen molar-refractivity contribution in [1.29, 1.82) is 0 Å². The Balaban J connectivity index is 3.21. The van der Waals surface area contributed by atoms with Crippen LogP contribution in [-0.2, 0) is 4.79 Å². The molecule has 0 spiro atoms. The van der Waals surface area contributed by atoms with Crippen molar-refractivity contribution in [1.82, 2.24) is 0 Å². The van der Waals surface area contributed by atoms with Crippen LogP contribution < -0.4 is 4.90 Å². The molecule has 16 heavy (non-hydrogen) atoms. The van der Waals surface area contributed by atoms with E-state index in [1.165, 1.54) is 0 Å². The first-order valence-corrected chi connectivity index (χ1v) is 5.65. The van der Waals surface area contributed by atoms with Gasteiger partial charge in [-0.1, -0.05) is 30.4 Å². The first-order valence-electron chi connectivity index (χ1n) is 5.24. The van der Waals surface area contributed by atoms with Crippen molar-refractivity contribution >= 4 is 28.7 Å². The molecule has 2 nitrogen and oxygen atoms in total. The van der Waals surface area contributed by atoms with E-state index in [1.54, 1.807) is 6.92 Å². The first kappa shape index (κ1) is 12.8. The van der Waals surface area contributed by atoms with Gasteiger partial charge >= 0.3 is 0 Å². The number of rotatable bonds is 3. The average molecular weight is 235 g/mol. The Morgan fingerprint density at radius 2 is 1.69 bits per heavy atom. The van der Waals surface area contributed by atoms with Gasteiger partial charge in [0, 0.05) is 5.69 Å². The van der Waals surface area contributed by atoms with Gasteiger partial charge in [0.2, 0.25) is 0 Å². The van der Waals surface area contributed by atoms with E-state index in [9.17, 15) is 4.79 Å². The molecule has 0 saturated carbocycles. The monoisotopic (exact) mass is 235 g/mol. The quantitative estimate of drug-likeness (QED) is 0.750. The van der Waals surface area contributed by atoms with Crippen molar-refractivity contribution < 1.29 is 4.79 Å². The number of para-hydroxylation sites is 1. The van der Waals surface area contributed by atoms with E-state index in [0.717, 1.165) is 5.69 Å². The highest BCUT2D eigenvalue weighted by atomic mass is 32.1. The van der Waals surface area contributed by atoms with Crippen LogP contribution in [0.25, 0.3) is 0 Å². The zero-order chi connectivity index (χ0) is 12.3. The summed E-state index contributed by atoms with van der Waals surface area (Å²) in [5.41, 5.74) is 0.350. The largest absolute Gasteiger partial charge is 0.324 e. The zero-order valence-corrected chi connectivity index (χ0v) is 11.0. The molecule has 0 radical (unpaired) electrons. The number of thiocarbonyl (C=S) groups is 1. The maximum atomic E-state index is 11.7. The predicted molar refractivity (Wildman–Crippen MR) is 72.0 cm³/mol. The van der Waals surface area contributed by atoms with Crippen LogP contribution in [0.4, 0.5) is 5.69 Å². The number of carbonyl (C=O) groups is 1. The van der Waals surface area contributed by atoms with Crippen LogP contribution in [0.1, 0.15) is 27.7 Å². The Morgan fingerprint density at radius 3 is 2.06 bits per heavy atom. The molecule has 0 N–H and O–H groups in total. The molecular formula is C13H17NOS. The maximum absolute atomic E-state index is 11.7. The summed E-state index contributed by atoms with van der Waals surface area (Å²) in [5.74, 6) is 0.0977. The van der Waals surface area contributed by atoms with Gasteiger partial charge in [0.25, 0.3) is 0 Å². The molecule has 86 valence electrons. The molecule has 0 amide bonds. The van der Waals surface area contributed by atoms with Crippen molar-refractivity contribution in [2.75, 3.05) is 4.90 Å². The molecule has 0 aromatic heterocycles. The second-order valence-electron chi connectivity index (χ2n) is 4.31. The summed E-state index contributed by atoms with van der Waals surface area (Å²) in [6.45, 7) is 7.21. The lowest BCUT2D eigenvalue weighted by molar-refractivity contribution is -0.120. The lowest BCUT2D eigenvalue weighted by atomic mass is 9.97. The van der Waals surface area contributed by atoms with Crippen molar-refractivity contribution in [3.8, 4) is 0 Å². The number of benzene rings is 1. The third-order valence-electron chi connectivity index (χ3n) is 2.75. The number of hydrogen-bond donors (Lipinski definition) is 0. The van der Waals surface area contributed by atoms with E-state index < -0.39 is 5.54 Å². The molecule has 0 bridgehead atoms. The van der Waals surface area contributed by atoms with Crippen LogP contribution in [-0.4, -0.2) is 16.3 Å². The van der Waals surface area contributed by atoms with E-state index in [2.05, 4.69) is 0 Å². The van der Waals surface area contributed by atoms with E-state index in [4.69, 9.17) is 12.2 Å². The lowest BCUT2D eigenvalue weighted by Crippen LogP contribution is -2.51. The number of Topliss-reactive ketones (excluding diaryl/α,β-unsaturated/α-hetero) is 1. The van der Waals surface area contributed by atoms with Gasteiger partial charge in [0.05, 0.1) is 10.5 Å². The van der Waals surface area contributed by atoms with Crippen molar-refractivity contribution in [2.24, 2.45) is 0 Å². The smallest absolute Gasteiger partial charge is 0.155 e. The van der Waals surface area contributed by atoms with Crippen molar-refractivity contribution in [3.05, 3.63) is 30.3 Å². The summed E-state index contributed by atoms with van der Waals surface area (Å²) in [7, 11) is 0. The number of ketones is 1. The molecule has 1 aromatic carbocycles. The Bertz CT molecular complexity index is 398. The summed E-state index contributed by atoms with van der Waals surface area (Å²) >= 11 is 5.24. The average Bonchev–Trinajstić information content (AvgIpc) is 2.18. The number of anilines is 1. The minimum absolute atomic E-state index is 0.0977. The summed E-state index contributed by atoms with van der Waals surface area (Å²) in [6.07, 6.45) is 0. The number of carbonyl (C=O) groups excluding carboxylic acids is 1. The summed E-state index contributed by atoms with van der Waals surface area (Å²) in [5, 5.41) is 0. The van der Waals surface area contributed by atoms with Gasteiger partial charge in [-0.05, 0) is 39.8 Å². The Labute approximate surface area is 102 Å². The highest BCUT2D eigenvalue weighted by Crippen LogP contribution is 2.25. The van der Waals surface area contributed by atoms with E-state index in [1.807, 2.05) is 56.0 Å². The molecule has 0 atom stereocenters. The van der Waals surface area contributed by atoms with Gasteiger partial charge in [-0.15, -0.1) is 0 Å². The molecule has 3 heteroatoms. The van der Waals surface area contributed by atoms with Crippen LogP contribution in [0, 0.1) is 0 Å². The second-order valence-corrected chi connectivity index (χ2v) is 4.90. The normalized spacial score (nSPS) is 11.0. The van der Waals surface area contributed by atoms with Gasteiger partial charge in [-0.25, -0.2) is 0 Å². The number of nitrogens with zero attached hydrogens (tertiary/aromatic N) is 1. The summed E-state index contributed by atoms with van der Waals surface area (Å²) in [6, 6.07) is 9.75. The highest BCUT2D eigenvalue weighted by Gasteiger charge is 2.32. The third-order valence-corrected chi connectivity index (χ3v) is 2.93. The van der Waals surface area contributed by atoms with Crippen molar-refractivity contribution in [3.63, 3.8) is 0 Å². The first-order chi connectivity index (χ1) is 7.37. The van der Waals surface area contributed by atoms with E-state index >= 15 is 0 Å². The molecule has 0 heterocycles. The SMILES string of the molecule is CC(=O)C(C)(C)N(C(C)=S)c1ccccc1. The fraction of sp³-hybridized carbons (Fsp3) is 0.385. The maximum Gasteiger partial charge on any atom is 0.155 e. The van der Waals surface area contributed by atoms with Gasteiger partial charge in [0.1, 0.15) is 0 Å². The highest BCUT2D eigenvalue weighted by molar-refractivity contribution is 7.80. The van der Waals surface area contributed by atoms with Gasteiger partial charge in [-0.2, -0.15) is 0 Å². The topological polar surface area (TPSA) is 20.3 Å². The molecule has 0 aliphatic heterocycles. The molecular weight excluding hydrogens is 218 g/mol. The van der Waals surface area contributed by atoms with Crippen LogP contribution in [0.15, 0.2) is 30.3 Å². The van der Waals surface area contributed by atoms with Gasteiger partial charge in [0.15, 0.2) is 5.78 Å². The molecule has 1 rings (SSSR count). The molecule has 0 aliphatic rings. The van der Waals surface area contributed by atoms with Gasteiger partial charge in [-0.3, -0.25) is 4.79 Å². The molecule has 0 saturated heterocycles. The second kappa shape index (κ2) is 4.74. The lowest BCUT2D eigenvalue weighted by Gasteiger charge is -2.37. The molecule has 0 unspecified atom stereocenters.